The molecule has 0 aliphatic rings. The Balaban J connectivity index is 3.53. The molecule has 0 heterocycles. The van der Waals surface area contributed by atoms with Gasteiger partial charge in [0.25, 0.3) is 0 Å². The molecular weight excluding hydrogens is 180 g/mol. The molecular formula is C11H22O3. The highest BCUT2D eigenvalue weighted by atomic mass is 16.6. The van der Waals surface area contributed by atoms with Crippen molar-refractivity contribution in [2.75, 3.05) is 19.8 Å². The van der Waals surface area contributed by atoms with Crippen molar-refractivity contribution in [2.24, 2.45) is 5.41 Å². The number of aliphatic hydroxyl groups excluding tert-OH is 1. The lowest BCUT2D eigenvalue weighted by Crippen LogP contribution is -2.32. The number of ether oxygens (including phenoxy) is 2. The summed E-state index contributed by atoms with van der Waals surface area (Å²) < 4.78 is 10.4. The Morgan fingerprint density at radius 3 is 2.57 bits per heavy atom. The second kappa shape index (κ2) is 6.98. The van der Waals surface area contributed by atoms with Gasteiger partial charge in [-0.1, -0.05) is 26.8 Å². The summed E-state index contributed by atoms with van der Waals surface area (Å²) in [6, 6.07) is 0. The monoisotopic (exact) mass is 202 g/mol. The van der Waals surface area contributed by atoms with Gasteiger partial charge in [0.15, 0.2) is 6.29 Å². The van der Waals surface area contributed by atoms with Gasteiger partial charge in [-0.2, -0.15) is 0 Å². The van der Waals surface area contributed by atoms with Gasteiger partial charge in [0.05, 0.1) is 19.8 Å². The molecule has 14 heavy (non-hydrogen) atoms. The zero-order chi connectivity index (χ0) is 11.0. The van der Waals surface area contributed by atoms with E-state index in [9.17, 15) is 5.11 Å². The summed E-state index contributed by atoms with van der Waals surface area (Å²) >= 11 is 0. The predicted molar refractivity (Wildman–Crippen MR) is 57.0 cm³/mol. The van der Waals surface area contributed by atoms with E-state index < -0.39 is 6.29 Å². The van der Waals surface area contributed by atoms with E-state index in [1.807, 2.05) is 20.8 Å². The van der Waals surface area contributed by atoms with Crippen LogP contribution < -0.4 is 0 Å². The number of hydrogen-bond acceptors (Lipinski definition) is 3. The van der Waals surface area contributed by atoms with Crippen molar-refractivity contribution >= 4 is 0 Å². The Hall–Kier alpha value is -0.380. The highest BCUT2D eigenvalue weighted by Crippen LogP contribution is 2.25. The molecule has 0 aromatic heterocycles. The Kier molecular flexibility index (Phi) is 6.79. The van der Waals surface area contributed by atoms with E-state index in [1.54, 1.807) is 6.08 Å². The third kappa shape index (κ3) is 5.37. The lowest BCUT2D eigenvalue weighted by molar-refractivity contribution is -0.172. The molecule has 0 spiro atoms. The molecule has 0 bridgehead atoms. The predicted octanol–water partition coefficient (Wildman–Crippen LogP) is 1.96. The van der Waals surface area contributed by atoms with Crippen molar-refractivity contribution in [3.8, 4) is 0 Å². The fraction of sp³-hybridized carbons (Fsp3) is 0.818. The van der Waals surface area contributed by atoms with Gasteiger partial charge in [-0.25, -0.2) is 0 Å². The maximum absolute atomic E-state index is 9.64. The van der Waals surface area contributed by atoms with E-state index in [0.717, 1.165) is 6.42 Å². The fourth-order valence-corrected chi connectivity index (χ4v) is 0.786. The standard InChI is InChI=1S/C11H22O3/c1-5-7-13-8-9-14-10(12)11(3,4)6-2/h5,10,12H,1,6-9H2,2-4H3. The maximum Gasteiger partial charge on any atom is 0.159 e. The van der Waals surface area contributed by atoms with Gasteiger partial charge in [-0.05, 0) is 6.42 Å². The van der Waals surface area contributed by atoms with Crippen molar-refractivity contribution < 1.29 is 14.6 Å². The normalized spacial score (nSPS) is 14.0. The van der Waals surface area contributed by atoms with Crippen LogP contribution in [-0.4, -0.2) is 31.2 Å². The summed E-state index contributed by atoms with van der Waals surface area (Å²) in [5.74, 6) is 0. The van der Waals surface area contributed by atoms with Crippen molar-refractivity contribution in [2.45, 2.75) is 33.5 Å². The van der Waals surface area contributed by atoms with Gasteiger partial charge in [0, 0.05) is 5.41 Å². The molecule has 0 aromatic rings. The van der Waals surface area contributed by atoms with Crippen LogP contribution in [0.25, 0.3) is 0 Å². The van der Waals surface area contributed by atoms with E-state index in [2.05, 4.69) is 6.58 Å². The first-order chi connectivity index (χ1) is 6.54. The quantitative estimate of drug-likeness (QED) is 0.371. The van der Waals surface area contributed by atoms with Crippen LogP contribution in [0.3, 0.4) is 0 Å². The maximum atomic E-state index is 9.64. The number of rotatable bonds is 8. The van der Waals surface area contributed by atoms with Gasteiger partial charge in [0.1, 0.15) is 0 Å². The molecule has 0 radical (unpaired) electrons. The Labute approximate surface area is 86.7 Å². The number of aliphatic hydroxyl groups is 1. The summed E-state index contributed by atoms with van der Waals surface area (Å²) in [5.41, 5.74) is -0.196. The number of hydrogen-bond donors (Lipinski definition) is 1. The van der Waals surface area contributed by atoms with Crippen molar-refractivity contribution in [3.05, 3.63) is 12.7 Å². The molecule has 0 saturated carbocycles. The van der Waals surface area contributed by atoms with Crippen molar-refractivity contribution in [3.63, 3.8) is 0 Å². The first kappa shape index (κ1) is 13.6. The van der Waals surface area contributed by atoms with Crippen LogP contribution >= 0.6 is 0 Å². The highest BCUT2D eigenvalue weighted by Gasteiger charge is 2.26. The van der Waals surface area contributed by atoms with Crippen LogP contribution in [0.5, 0.6) is 0 Å². The van der Waals surface area contributed by atoms with E-state index >= 15 is 0 Å². The first-order valence-electron chi connectivity index (χ1n) is 5.03. The Morgan fingerprint density at radius 2 is 2.07 bits per heavy atom. The lowest BCUT2D eigenvalue weighted by Gasteiger charge is -2.28. The van der Waals surface area contributed by atoms with E-state index in [0.29, 0.717) is 19.8 Å². The fourth-order valence-electron chi connectivity index (χ4n) is 0.786. The zero-order valence-corrected chi connectivity index (χ0v) is 9.45. The molecule has 84 valence electrons. The lowest BCUT2D eigenvalue weighted by atomic mass is 9.90. The largest absolute Gasteiger partial charge is 0.375 e. The molecule has 0 aliphatic carbocycles. The van der Waals surface area contributed by atoms with Crippen LogP contribution in [0, 0.1) is 5.41 Å². The summed E-state index contributed by atoms with van der Waals surface area (Å²) in [5, 5.41) is 9.64. The van der Waals surface area contributed by atoms with Crippen LogP contribution in [0.1, 0.15) is 27.2 Å². The molecule has 3 heteroatoms. The molecule has 3 nitrogen and oxygen atoms in total. The summed E-state index contributed by atoms with van der Waals surface area (Å²) in [4.78, 5) is 0. The Bertz CT molecular complexity index is 155. The summed E-state index contributed by atoms with van der Waals surface area (Å²) in [6.45, 7) is 10.9. The Morgan fingerprint density at radius 1 is 1.43 bits per heavy atom. The molecule has 1 atom stereocenters. The second-order valence-corrected chi connectivity index (χ2v) is 3.93. The van der Waals surface area contributed by atoms with E-state index in [-0.39, 0.29) is 5.41 Å². The van der Waals surface area contributed by atoms with Gasteiger partial charge >= 0.3 is 0 Å². The highest BCUT2D eigenvalue weighted by molar-refractivity contribution is 4.69. The molecule has 1 unspecified atom stereocenters. The minimum Gasteiger partial charge on any atom is -0.375 e. The minimum atomic E-state index is -0.722. The van der Waals surface area contributed by atoms with Crippen LogP contribution in [-0.2, 0) is 9.47 Å². The van der Waals surface area contributed by atoms with Crippen LogP contribution in [0.15, 0.2) is 12.7 Å². The summed E-state index contributed by atoms with van der Waals surface area (Å²) in [7, 11) is 0. The average molecular weight is 202 g/mol. The van der Waals surface area contributed by atoms with Gasteiger partial charge < -0.3 is 14.6 Å². The topological polar surface area (TPSA) is 38.7 Å². The molecule has 0 rings (SSSR count). The van der Waals surface area contributed by atoms with Gasteiger partial charge in [0.2, 0.25) is 0 Å². The molecule has 0 saturated heterocycles. The van der Waals surface area contributed by atoms with Gasteiger partial charge in [-0.15, -0.1) is 6.58 Å². The van der Waals surface area contributed by atoms with Crippen LogP contribution in [0.2, 0.25) is 0 Å². The first-order valence-corrected chi connectivity index (χ1v) is 5.03. The molecule has 1 N–H and O–H groups in total. The summed E-state index contributed by atoms with van der Waals surface area (Å²) in [6.07, 6.45) is 1.84. The van der Waals surface area contributed by atoms with E-state index in [1.165, 1.54) is 0 Å². The average Bonchev–Trinajstić information content (AvgIpc) is 2.17. The van der Waals surface area contributed by atoms with Crippen LogP contribution in [0.4, 0.5) is 0 Å². The SMILES string of the molecule is C=CCOCCOC(O)C(C)(C)CC. The smallest absolute Gasteiger partial charge is 0.159 e. The molecule has 0 fully saturated rings. The molecule has 0 amide bonds. The second-order valence-electron chi connectivity index (χ2n) is 3.93. The third-order valence-corrected chi connectivity index (χ3v) is 2.32. The van der Waals surface area contributed by atoms with Crippen molar-refractivity contribution in [1.82, 2.24) is 0 Å². The van der Waals surface area contributed by atoms with E-state index in [4.69, 9.17) is 9.47 Å². The zero-order valence-electron chi connectivity index (χ0n) is 9.45. The van der Waals surface area contributed by atoms with Crippen molar-refractivity contribution in [1.29, 1.82) is 0 Å². The molecule has 0 aliphatic heterocycles. The third-order valence-electron chi connectivity index (χ3n) is 2.32. The van der Waals surface area contributed by atoms with Gasteiger partial charge in [-0.3, -0.25) is 0 Å². The minimum absolute atomic E-state index is 0.196. The molecule has 0 aromatic carbocycles.